The van der Waals surface area contributed by atoms with Gasteiger partial charge < -0.3 is 5.32 Å². The highest BCUT2D eigenvalue weighted by atomic mass is 35.5. The van der Waals surface area contributed by atoms with E-state index in [0.717, 1.165) is 22.6 Å². The first kappa shape index (κ1) is 13.0. The average molecular weight is 303 g/mol. The van der Waals surface area contributed by atoms with Crippen LogP contribution in [0.3, 0.4) is 0 Å². The first-order valence-corrected chi connectivity index (χ1v) is 7.30. The molecule has 0 atom stereocenters. The van der Waals surface area contributed by atoms with Crippen molar-refractivity contribution in [2.24, 2.45) is 0 Å². The van der Waals surface area contributed by atoms with Crippen molar-refractivity contribution < 1.29 is 0 Å². The van der Waals surface area contributed by atoms with E-state index in [4.69, 9.17) is 11.6 Å². The maximum absolute atomic E-state index is 6.16. The maximum atomic E-state index is 6.16. The van der Waals surface area contributed by atoms with Gasteiger partial charge in [0.2, 0.25) is 5.95 Å². The van der Waals surface area contributed by atoms with Crippen molar-refractivity contribution in [3.05, 3.63) is 52.1 Å². The van der Waals surface area contributed by atoms with Crippen LogP contribution in [0.2, 0.25) is 5.02 Å². The fourth-order valence-electron chi connectivity index (χ4n) is 1.77. The molecule has 3 aromatic rings. The Balaban J connectivity index is 1.96. The Morgan fingerprint density at radius 1 is 1.25 bits per heavy atom. The molecular formula is C14H11ClN4S. The van der Waals surface area contributed by atoms with Crippen molar-refractivity contribution in [2.75, 3.05) is 5.32 Å². The summed E-state index contributed by atoms with van der Waals surface area (Å²) in [4.78, 5) is 12.9. The SMILES string of the molecule is Cc1ncccc1Nc1ncc(Cl)c(-c2ccsc2)n1. The molecule has 0 amide bonds. The molecule has 3 rings (SSSR count). The minimum Gasteiger partial charge on any atom is -0.323 e. The fraction of sp³-hybridized carbons (Fsp3) is 0.0714. The monoisotopic (exact) mass is 302 g/mol. The Morgan fingerprint density at radius 2 is 2.15 bits per heavy atom. The Hall–Kier alpha value is -1.98. The van der Waals surface area contributed by atoms with Crippen molar-refractivity contribution in [2.45, 2.75) is 6.92 Å². The van der Waals surface area contributed by atoms with Crippen LogP contribution in [-0.4, -0.2) is 15.0 Å². The van der Waals surface area contributed by atoms with Gasteiger partial charge in [0.15, 0.2) is 0 Å². The normalized spacial score (nSPS) is 10.5. The van der Waals surface area contributed by atoms with E-state index in [0.29, 0.717) is 11.0 Å². The molecule has 0 saturated heterocycles. The van der Waals surface area contributed by atoms with Crippen molar-refractivity contribution >= 4 is 34.6 Å². The first-order chi connectivity index (χ1) is 9.74. The van der Waals surface area contributed by atoms with E-state index in [-0.39, 0.29) is 0 Å². The zero-order chi connectivity index (χ0) is 13.9. The van der Waals surface area contributed by atoms with Crippen molar-refractivity contribution in [1.82, 2.24) is 15.0 Å². The lowest BCUT2D eigenvalue weighted by molar-refractivity contribution is 1.14. The second-order valence-electron chi connectivity index (χ2n) is 4.16. The minimum atomic E-state index is 0.506. The van der Waals surface area contributed by atoms with E-state index in [1.54, 1.807) is 23.7 Å². The Bertz CT molecular complexity index is 728. The number of hydrogen-bond donors (Lipinski definition) is 1. The van der Waals surface area contributed by atoms with Crippen molar-refractivity contribution in [3.8, 4) is 11.3 Å². The largest absolute Gasteiger partial charge is 0.323 e. The van der Waals surface area contributed by atoms with Crippen molar-refractivity contribution in [1.29, 1.82) is 0 Å². The molecule has 4 nitrogen and oxygen atoms in total. The summed E-state index contributed by atoms with van der Waals surface area (Å²) >= 11 is 7.77. The van der Waals surface area contributed by atoms with Gasteiger partial charge in [-0.15, -0.1) is 0 Å². The van der Waals surface area contributed by atoms with Crippen LogP contribution in [0.25, 0.3) is 11.3 Å². The van der Waals surface area contributed by atoms with Crippen LogP contribution in [0.5, 0.6) is 0 Å². The molecule has 0 spiro atoms. The summed E-state index contributed by atoms with van der Waals surface area (Å²) in [5, 5.41) is 7.70. The predicted octanol–water partition coefficient (Wildman–Crippen LogP) is 4.31. The van der Waals surface area contributed by atoms with Gasteiger partial charge in [0.25, 0.3) is 0 Å². The lowest BCUT2D eigenvalue weighted by Crippen LogP contribution is -2.00. The Kier molecular flexibility index (Phi) is 3.62. The molecule has 20 heavy (non-hydrogen) atoms. The van der Waals surface area contributed by atoms with Crippen LogP contribution in [0.4, 0.5) is 11.6 Å². The highest BCUT2D eigenvalue weighted by Gasteiger charge is 2.09. The molecule has 6 heteroatoms. The number of thiophene rings is 1. The average Bonchev–Trinajstić information content (AvgIpc) is 2.97. The number of nitrogens with one attached hydrogen (secondary N) is 1. The van der Waals surface area contributed by atoms with Crippen LogP contribution in [0.1, 0.15) is 5.69 Å². The quantitative estimate of drug-likeness (QED) is 0.783. The topological polar surface area (TPSA) is 50.7 Å². The smallest absolute Gasteiger partial charge is 0.227 e. The summed E-state index contributed by atoms with van der Waals surface area (Å²) in [5.41, 5.74) is 3.49. The number of halogens is 1. The van der Waals surface area contributed by atoms with Crippen molar-refractivity contribution in [3.63, 3.8) is 0 Å². The van der Waals surface area contributed by atoms with E-state index in [9.17, 15) is 0 Å². The summed E-state index contributed by atoms with van der Waals surface area (Å²) in [6, 6.07) is 5.79. The van der Waals surface area contributed by atoms with Gasteiger partial charge in [0.1, 0.15) is 0 Å². The van der Waals surface area contributed by atoms with Crippen LogP contribution >= 0.6 is 22.9 Å². The van der Waals surface area contributed by atoms with E-state index in [1.807, 2.05) is 35.9 Å². The molecule has 3 heterocycles. The van der Waals surface area contributed by atoms with E-state index < -0.39 is 0 Å². The van der Waals surface area contributed by atoms with Gasteiger partial charge in [-0.05, 0) is 30.5 Å². The molecule has 0 saturated carbocycles. The third-order valence-electron chi connectivity index (χ3n) is 2.79. The van der Waals surface area contributed by atoms with Crippen LogP contribution in [-0.2, 0) is 0 Å². The summed E-state index contributed by atoms with van der Waals surface area (Å²) < 4.78 is 0. The zero-order valence-corrected chi connectivity index (χ0v) is 12.2. The summed E-state index contributed by atoms with van der Waals surface area (Å²) in [6.07, 6.45) is 3.36. The molecule has 0 radical (unpaired) electrons. The van der Waals surface area contributed by atoms with Gasteiger partial charge in [-0.25, -0.2) is 9.97 Å². The van der Waals surface area contributed by atoms with E-state index >= 15 is 0 Å². The molecule has 3 aromatic heterocycles. The number of nitrogens with zero attached hydrogens (tertiary/aromatic N) is 3. The number of aromatic nitrogens is 3. The van der Waals surface area contributed by atoms with Gasteiger partial charge in [-0.1, -0.05) is 11.6 Å². The second-order valence-corrected chi connectivity index (χ2v) is 5.35. The Morgan fingerprint density at radius 3 is 2.90 bits per heavy atom. The molecule has 100 valence electrons. The molecule has 0 aliphatic carbocycles. The zero-order valence-electron chi connectivity index (χ0n) is 10.7. The minimum absolute atomic E-state index is 0.506. The van der Waals surface area contributed by atoms with Crippen LogP contribution < -0.4 is 5.32 Å². The highest BCUT2D eigenvalue weighted by Crippen LogP contribution is 2.28. The number of pyridine rings is 1. The second kappa shape index (κ2) is 5.56. The number of hydrogen-bond acceptors (Lipinski definition) is 5. The summed E-state index contributed by atoms with van der Waals surface area (Å²) in [7, 11) is 0. The summed E-state index contributed by atoms with van der Waals surface area (Å²) in [5.74, 6) is 0.506. The summed E-state index contributed by atoms with van der Waals surface area (Å²) in [6.45, 7) is 1.93. The molecule has 1 N–H and O–H groups in total. The van der Waals surface area contributed by atoms with Crippen LogP contribution in [0.15, 0.2) is 41.4 Å². The van der Waals surface area contributed by atoms with Gasteiger partial charge in [0, 0.05) is 17.1 Å². The molecule has 0 fully saturated rings. The molecule has 0 aliphatic heterocycles. The molecule has 0 aromatic carbocycles. The van der Waals surface area contributed by atoms with E-state index in [2.05, 4.69) is 20.3 Å². The van der Waals surface area contributed by atoms with Gasteiger partial charge in [-0.3, -0.25) is 4.98 Å². The van der Waals surface area contributed by atoms with Gasteiger partial charge in [0.05, 0.1) is 28.3 Å². The molecule has 0 bridgehead atoms. The molecular weight excluding hydrogens is 292 g/mol. The lowest BCUT2D eigenvalue weighted by atomic mass is 10.2. The van der Waals surface area contributed by atoms with Gasteiger partial charge >= 0.3 is 0 Å². The number of aryl methyl sites for hydroxylation is 1. The Labute approximate surface area is 125 Å². The van der Waals surface area contributed by atoms with E-state index in [1.165, 1.54) is 0 Å². The number of anilines is 2. The third-order valence-corrected chi connectivity index (χ3v) is 3.75. The van der Waals surface area contributed by atoms with Gasteiger partial charge in [-0.2, -0.15) is 11.3 Å². The molecule has 0 unspecified atom stereocenters. The maximum Gasteiger partial charge on any atom is 0.227 e. The highest BCUT2D eigenvalue weighted by molar-refractivity contribution is 7.08. The predicted molar refractivity (Wildman–Crippen MR) is 82.6 cm³/mol. The fourth-order valence-corrected chi connectivity index (χ4v) is 2.61. The molecule has 0 aliphatic rings. The third kappa shape index (κ3) is 2.64. The standard InChI is InChI=1S/C14H11ClN4S/c1-9-12(3-2-5-16-9)18-14-17-7-11(15)13(19-14)10-4-6-20-8-10/h2-8H,1H3,(H,17,18,19). The van der Waals surface area contributed by atoms with Crippen LogP contribution in [0, 0.1) is 6.92 Å². The first-order valence-electron chi connectivity index (χ1n) is 5.98. The number of rotatable bonds is 3. The lowest BCUT2D eigenvalue weighted by Gasteiger charge is -2.08.